The molecular weight excluding hydrogens is 506 g/mol. The number of amides is 3. The predicted molar refractivity (Wildman–Crippen MR) is 143 cm³/mol. The molecule has 1 aromatic carbocycles. The van der Waals surface area contributed by atoms with E-state index < -0.39 is 47.9 Å². The SMILES string of the molecule is CC(C)C(NC(=O)C(N)CCCCN)C(=O)NC(Cc1ccc(O)cc1)C(=O)NC(Cc1cnc[nH]1)C(=O)O. The van der Waals surface area contributed by atoms with E-state index in [0.29, 0.717) is 30.6 Å². The van der Waals surface area contributed by atoms with E-state index in [1.165, 1.54) is 24.7 Å². The van der Waals surface area contributed by atoms with Crippen molar-refractivity contribution in [1.29, 1.82) is 0 Å². The Labute approximate surface area is 227 Å². The number of carbonyl (C=O) groups is 4. The minimum Gasteiger partial charge on any atom is -0.508 e. The van der Waals surface area contributed by atoms with Crippen LogP contribution in [0.25, 0.3) is 0 Å². The van der Waals surface area contributed by atoms with E-state index in [1.54, 1.807) is 26.0 Å². The number of nitrogens with one attached hydrogen (secondary N) is 4. The van der Waals surface area contributed by atoms with E-state index in [2.05, 4.69) is 25.9 Å². The normalized spacial score (nSPS) is 14.2. The van der Waals surface area contributed by atoms with Crippen molar-refractivity contribution in [3.05, 3.63) is 48.0 Å². The van der Waals surface area contributed by atoms with Crippen LogP contribution in [0.15, 0.2) is 36.8 Å². The van der Waals surface area contributed by atoms with Crippen LogP contribution >= 0.6 is 0 Å². The summed E-state index contributed by atoms with van der Waals surface area (Å²) in [6.45, 7) is 3.97. The van der Waals surface area contributed by atoms with Gasteiger partial charge in [-0.1, -0.05) is 32.4 Å². The summed E-state index contributed by atoms with van der Waals surface area (Å²) in [5.41, 5.74) is 12.6. The number of carboxylic acids is 1. The first kappa shape index (κ1) is 31.2. The summed E-state index contributed by atoms with van der Waals surface area (Å²) in [5.74, 6) is -3.41. The molecule has 0 spiro atoms. The highest BCUT2D eigenvalue weighted by atomic mass is 16.4. The van der Waals surface area contributed by atoms with Crippen LogP contribution in [-0.4, -0.2) is 74.6 Å². The number of phenolic OH excluding ortho intramolecular Hbond substituents is 1. The fourth-order valence-corrected chi connectivity index (χ4v) is 3.86. The van der Waals surface area contributed by atoms with Crippen molar-refractivity contribution in [2.75, 3.05) is 6.54 Å². The maximum absolute atomic E-state index is 13.3. The second-order valence-electron chi connectivity index (χ2n) is 9.73. The number of benzene rings is 1. The Balaban J connectivity index is 2.20. The highest BCUT2D eigenvalue weighted by molar-refractivity contribution is 5.94. The van der Waals surface area contributed by atoms with E-state index in [0.717, 1.165) is 6.42 Å². The molecule has 39 heavy (non-hydrogen) atoms. The van der Waals surface area contributed by atoms with Crippen molar-refractivity contribution < 1.29 is 29.4 Å². The van der Waals surface area contributed by atoms with Crippen LogP contribution < -0.4 is 27.4 Å². The molecule has 0 bridgehead atoms. The summed E-state index contributed by atoms with van der Waals surface area (Å²) in [6.07, 6.45) is 4.61. The number of nitrogens with two attached hydrogens (primary N) is 2. The van der Waals surface area contributed by atoms with Crippen LogP contribution in [0.4, 0.5) is 0 Å². The minimum atomic E-state index is -1.29. The van der Waals surface area contributed by atoms with Crippen LogP contribution in [0.2, 0.25) is 0 Å². The third-order valence-corrected chi connectivity index (χ3v) is 6.16. The summed E-state index contributed by atoms with van der Waals surface area (Å²) in [7, 11) is 0. The molecular formula is C26H39N7O6. The summed E-state index contributed by atoms with van der Waals surface area (Å²) in [4.78, 5) is 57.7. The third kappa shape index (κ3) is 10.4. The number of aromatic nitrogens is 2. The van der Waals surface area contributed by atoms with E-state index in [1.807, 2.05) is 0 Å². The number of hydrogen-bond acceptors (Lipinski definition) is 8. The topological polar surface area (TPSA) is 226 Å². The molecule has 0 aliphatic rings. The number of H-pyrrole nitrogens is 1. The number of aromatic amines is 1. The molecule has 2 aromatic rings. The summed E-state index contributed by atoms with van der Waals surface area (Å²) in [5, 5.41) is 27.1. The lowest BCUT2D eigenvalue weighted by Gasteiger charge is -2.27. The van der Waals surface area contributed by atoms with E-state index in [-0.39, 0.29) is 24.5 Å². The van der Waals surface area contributed by atoms with Crippen molar-refractivity contribution in [3.63, 3.8) is 0 Å². The van der Waals surface area contributed by atoms with E-state index in [4.69, 9.17) is 11.5 Å². The van der Waals surface area contributed by atoms with Crippen molar-refractivity contribution in [1.82, 2.24) is 25.9 Å². The second-order valence-corrected chi connectivity index (χ2v) is 9.73. The molecule has 13 heteroatoms. The monoisotopic (exact) mass is 545 g/mol. The Morgan fingerprint density at radius 3 is 2.18 bits per heavy atom. The maximum atomic E-state index is 13.3. The summed E-state index contributed by atoms with van der Waals surface area (Å²) >= 11 is 0. The molecule has 2 rings (SSSR count). The summed E-state index contributed by atoms with van der Waals surface area (Å²) < 4.78 is 0. The Morgan fingerprint density at radius 1 is 0.949 bits per heavy atom. The highest BCUT2D eigenvalue weighted by Crippen LogP contribution is 2.13. The number of nitrogens with zero attached hydrogens (tertiary/aromatic N) is 1. The molecule has 0 aliphatic heterocycles. The van der Waals surface area contributed by atoms with Gasteiger partial charge in [-0.25, -0.2) is 9.78 Å². The zero-order chi connectivity index (χ0) is 28.9. The average Bonchev–Trinajstić information content (AvgIpc) is 3.40. The number of aromatic hydroxyl groups is 1. The van der Waals surface area contributed by atoms with Crippen LogP contribution in [0.5, 0.6) is 5.75 Å². The molecule has 0 fully saturated rings. The van der Waals surface area contributed by atoms with Gasteiger partial charge in [0.1, 0.15) is 23.9 Å². The number of carboxylic acid groups (broad SMARTS) is 1. The molecule has 0 saturated heterocycles. The van der Waals surface area contributed by atoms with Crippen LogP contribution in [-0.2, 0) is 32.0 Å². The van der Waals surface area contributed by atoms with Crippen molar-refractivity contribution >= 4 is 23.7 Å². The molecule has 0 saturated carbocycles. The average molecular weight is 546 g/mol. The zero-order valence-corrected chi connectivity index (χ0v) is 22.2. The first-order valence-electron chi connectivity index (χ1n) is 12.9. The molecule has 4 unspecified atom stereocenters. The minimum absolute atomic E-state index is 0.00557. The molecule has 10 N–H and O–H groups in total. The van der Waals surface area contributed by atoms with Crippen LogP contribution in [0, 0.1) is 5.92 Å². The van der Waals surface area contributed by atoms with Gasteiger partial charge in [-0.3, -0.25) is 14.4 Å². The van der Waals surface area contributed by atoms with Gasteiger partial charge in [-0.15, -0.1) is 0 Å². The standard InChI is InChI=1S/C26H39N7O6/c1-15(2)22(33-23(35)19(28)5-3-4-10-27)25(37)31-20(11-16-6-8-18(34)9-7-16)24(36)32-21(26(38)39)12-17-13-29-14-30-17/h6-9,13-15,19-22,34H,3-5,10-12,27-28H2,1-2H3,(H,29,30)(H,31,37)(H,32,36)(H,33,35)(H,38,39). The highest BCUT2D eigenvalue weighted by Gasteiger charge is 2.32. The maximum Gasteiger partial charge on any atom is 0.326 e. The van der Waals surface area contributed by atoms with Gasteiger partial charge in [0.15, 0.2) is 0 Å². The van der Waals surface area contributed by atoms with Gasteiger partial charge in [-0.05, 0) is 43.0 Å². The molecule has 214 valence electrons. The molecule has 13 nitrogen and oxygen atoms in total. The Morgan fingerprint density at radius 2 is 1.62 bits per heavy atom. The van der Waals surface area contributed by atoms with E-state index >= 15 is 0 Å². The molecule has 1 heterocycles. The fourth-order valence-electron chi connectivity index (χ4n) is 3.86. The fraction of sp³-hybridized carbons (Fsp3) is 0.500. The number of unbranched alkanes of at least 4 members (excludes halogenated alkanes) is 1. The van der Waals surface area contributed by atoms with Crippen molar-refractivity contribution in [3.8, 4) is 5.75 Å². The number of rotatable bonds is 16. The first-order valence-corrected chi connectivity index (χ1v) is 12.9. The number of carbonyl (C=O) groups excluding carboxylic acids is 3. The van der Waals surface area contributed by atoms with Gasteiger partial charge >= 0.3 is 5.97 Å². The van der Waals surface area contributed by atoms with E-state index in [9.17, 15) is 29.4 Å². The molecule has 4 atom stereocenters. The largest absolute Gasteiger partial charge is 0.508 e. The molecule has 0 aliphatic carbocycles. The zero-order valence-electron chi connectivity index (χ0n) is 22.2. The molecule has 1 aromatic heterocycles. The van der Waals surface area contributed by atoms with Crippen molar-refractivity contribution in [2.45, 2.75) is 70.1 Å². The number of aliphatic carboxylic acids is 1. The Kier molecular flexibility index (Phi) is 12.4. The second kappa shape index (κ2) is 15.4. The predicted octanol–water partition coefficient (Wildman–Crippen LogP) is -0.448. The van der Waals surface area contributed by atoms with Crippen LogP contribution in [0.3, 0.4) is 0 Å². The molecule has 0 radical (unpaired) electrons. The van der Waals surface area contributed by atoms with Gasteiger partial charge < -0.3 is 42.6 Å². The molecule has 3 amide bonds. The van der Waals surface area contributed by atoms with Gasteiger partial charge in [0, 0.05) is 24.7 Å². The van der Waals surface area contributed by atoms with Crippen LogP contribution in [0.1, 0.15) is 44.4 Å². The van der Waals surface area contributed by atoms with Gasteiger partial charge in [-0.2, -0.15) is 0 Å². The van der Waals surface area contributed by atoms with Crippen molar-refractivity contribution in [2.24, 2.45) is 17.4 Å². The Hall–Kier alpha value is -3.97. The number of hydrogen-bond donors (Lipinski definition) is 8. The quantitative estimate of drug-likeness (QED) is 0.128. The lowest BCUT2D eigenvalue weighted by atomic mass is 9.99. The number of imidazole rings is 1. The number of phenols is 1. The van der Waals surface area contributed by atoms with Gasteiger partial charge in [0.05, 0.1) is 12.4 Å². The van der Waals surface area contributed by atoms with Gasteiger partial charge in [0.2, 0.25) is 17.7 Å². The summed E-state index contributed by atoms with van der Waals surface area (Å²) in [6, 6.07) is 1.77. The van der Waals surface area contributed by atoms with Gasteiger partial charge in [0.25, 0.3) is 0 Å². The smallest absolute Gasteiger partial charge is 0.326 e. The third-order valence-electron chi connectivity index (χ3n) is 6.16. The lowest BCUT2D eigenvalue weighted by Crippen LogP contribution is -2.59. The lowest BCUT2D eigenvalue weighted by molar-refractivity contribution is -0.142. The Bertz CT molecular complexity index is 1070. The first-order chi connectivity index (χ1) is 18.5.